The van der Waals surface area contributed by atoms with Crippen molar-refractivity contribution in [3.05, 3.63) is 32.8 Å². The maximum atomic E-state index is 10.7. The molecule has 0 saturated heterocycles. The molecule has 0 saturated carbocycles. The van der Waals surface area contributed by atoms with E-state index >= 15 is 0 Å². The normalized spacial score (nSPS) is 10.7. The molecule has 0 aromatic heterocycles. The summed E-state index contributed by atoms with van der Waals surface area (Å²) in [5, 5.41) is 10.7. The largest absolute Gasteiger partial charge is 1.00 e. The second kappa shape index (κ2) is 5.46. The number of nitro groups is 1. The molecule has 1 aromatic rings. The first-order valence-corrected chi connectivity index (χ1v) is 11.4. The minimum absolute atomic E-state index is 0. The first-order valence-electron chi connectivity index (χ1n) is 4.08. The standard InChI is InChI=1S/C9H12AsBrNO2.BrH/c1-10(2,3)7-4-5-8(11)9(6-7)12(13)14;/h4-6H,1-3H3;1H/q+1;/p-1. The third-order valence-electron chi connectivity index (χ3n) is 1.90. The SMILES string of the molecule is C[As+](C)(C)c1ccc(Br)c([N+](=O)[O-])c1.[Br-]. The van der Waals surface area contributed by atoms with Crippen molar-refractivity contribution in [1.29, 1.82) is 0 Å². The maximum Gasteiger partial charge on any atom is -1.00 e. The predicted molar refractivity (Wildman–Crippen MR) is 63.8 cm³/mol. The van der Waals surface area contributed by atoms with Crippen molar-refractivity contribution in [2.75, 3.05) is 0 Å². The zero-order chi connectivity index (χ0) is 10.9. The van der Waals surface area contributed by atoms with E-state index in [-0.39, 0.29) is 27.6 Å². The summed E-state index contributed by atoms with van der Waals surface area (Å²) in [6, 6.07) is 5.43. The topological polar surface area (TPSA) is 43.1 Å². The van der Waals surface area contributed by atoms with Crippen LogP contribution in [0.2, 0.25) is 17.1 Å². The Labute approximate surface area is 111 Å². The monoisotopic (exact) mass is 399 g/mol. The molecule has 0 atom stereocenters. The van der Waals surface area contributed by atoms with Crippen LogP contribution >= 0.6 is 15.9 Å². The van der Waals surface area contributed by atoms with Gasteiger partial charge < -0.3 is 17.0 Å². The summed E-state index contributed by atoms with van der Waals surface area (Å²) >= 11 is 1.39. The van der Waals surface area contributed by atoms with E-state index in [9.17, 15) is 10.1 Å². The number of nitro benzene ring substituents is 1. The molecule has 0 spiro atoms. The number of benzene rings is 1. The Balaban J connectivity index is 0.00000196. The number of hydrogen-bond acceptors (Lipinski definition) is 2. The second-order valence-corrected chi connectivity index (χ2v) is 14.3. The summed E-state index contributed by atoms with van der Waals surface area (Å²) in [4.78, 5) is 10.3. The van der Waals surface area contributed by atoms with Crippen LogP contribution in [-0.4, -0.2) is 18.5 Å². The van der Waals surface area contributed by atoms with Crippen molar-refractivity contribution in [1.82, 2.24) is 0 Å². The molecule has 0 heterocycles. The third-order valence-corrected chi connectivity index (χ3v) is 6.41. The van der Waals surface area contributed by atoms with Crippen LogP contribution in [0.25, 0.3) is 0 Å². The quantitative estimate of drug-likeness (QED) is 0.395. The van der Waals surface area contributed by atoms with Crippen LogP contribution in [0.15, 0.2) is 22.7 Å². The van der Waals surface area contributed by atoms with Crippen LogP contribution in [0.5, 0.6) is 0 Å². The number of nitrogens with zero attached hydrogens (tertiary/aromatic N) is 1. The molecule has 1 rings (SSSR count). The van der Waals surface area contributed by atoms with Gasteiger partial charge in [0.1, 0.15) is 0 Å². The van der Waals surface area contributed by atoms with Crippen LogP contribution in [0.3, 0.4) is 0 Å². The van der Waals surface area contributed by atoms with Crippen molar-refractivity contribution < 1.29 is 21.9 Å². The van der Waals surface area contributed by atoms with Gasteiger partial charge in [-0.3, -0.25) is 0 Å². The van der Waals surface area contributed by atoms with E-state index < -0.39 is 13.6 Å². The van der Waals surface area contributed by atoms with Gasteiger partial charge in [-0.25, -0.2) is 0 Å². The van der Waals surface area contributed by atoms with E-state index in [2.05, 4.69) is 33.1 Å². The van der Waals surface area contributed by atoms with E-state index in [1.807, 2.05) is 6.07 Å². The van der Waals surface area contributed by atoms with Crippen LogP contribution in [-0.2, 0) is 0 Å². The van der Waals surface area contributed by atoms with Gasteiger partial charge in [0, 0.05) is 0 Å². The Bertz CT molecular complexity index is 377. The number of halogens is 2. The molecular weight excluding hydrogens is 389 g/mol. The summed E-state index contributed by atoms with van der Waals surface area (Å²) < 4.78 is 1.69. The molecule has 0 aliphatic heterocycles. The van der Waals surface area contributed by atoms with E-state index in [1.165, 1.54) is 0 Å². The van der Waals surface area contributed by atoms with Gasteiger partial charge in [-0.05, 0) is 0 Å². The van der Waals surface area contributed by atoms with Crippen molar-refractivity contribution in [2.24, 2.45) is 0 Å². The van der Waals surface area contributed by atoms with Gasteiger partial charge in [-0.2, -0.15) is 0 Å². The smallest absolute Gasteiger partial charge is 1.00 e. The van der Waals surface area contributed by atoms with E-state index in [1.54, 1.807) is 12.1 Å². The van der Waals surface area contributed by atoms with Gasteiger partial charge in [-0.15, -0.1) is 0 Å². The molecule has 1 aromatic carbocycles. The predicted octanol–water partition coefficient (Wildman–Crippen LogP) is -0.0935. The molecule has 3 nitrogen and oxygen atoms in total. The summed E-state index contributed by atoms with van der Waals surface area (Å²) in [6.45, 7) is 0. The van der Waals surface area contributed by atoms with Crippen LogP contribution < -0.4 is 21.3 Å². The fraction of sp³-hybridized carbons (Fsp3) is 0.333. The molecule has 6 heteroatoms. The van der Waals surface area contributed by atoms with E-state index in [4.69, 9.17) is 0 Å². The summed E-state index contributed by atoms with van der Waals surface area (Å²) in [5.41, 5.74) is 6.76. The van der Waals surface area contributed by atoms with Crippen LogP contribution in [0.4, 0.5) is 5.69 Å². The maximum absolute atomic E-state index is 10.7. The molecule has 0 radical (unpaired) electrons. The summed E-state index contributed by atoms with van der Waals surface area (Å²) in [5.74, 6) is 0. The van der Waals surface area contributed by atoms with Crippen LogP contribution in [0.1, 0.15) is 0 Å². The Morgan fingerprint density at radius 1 is 1.33 bits per heavy atom. The fourth-order valence-corrected chi connectivity index (χ4v) is 3.61. The second-order valence-electron chi connectivity index (χ2n) is 3.91. The molecule has 15 heavy (non-hydrogen) atoms. The van der Waals surface area contributed by atoms with Crippen LogP contribution in [0, 0.1) is 10.1 Å². The molecule has 84 valence electrons. The molecule has 0 aliphatic carbocycles. The van der Waals surface area contributed by atoms with Gasteiger partial charge in [0.25, 0.3) is 0 Å². The zero-order valence-corrected chi connectivity index (χ0v) is 13.7. The molecule has 0 N–H and O–H groups in total. The number of rotatable bonds is 2. The first-order chi connectivity index (χ1) is 6.32. The van der Waals surface area contributed by atoms with E-state index in [0.717, 1.165) is 4.35 Å². The van der Waals surface area contributed by atoms with Gasteiger partial charge in [0.05, 0.1) is 0 Å². The van der Waals surface area contributed by atoms with Crippen molar-refractivity contribution in [2.45, 2.75) is 17.1 Å². The van der Waals surface area contributed by atoms with Crippen molar-refractivity contribution in [3.8, 4) is 0 Å². The molecule has 0 unspecified atom stereocenters. The molecular formula is C9H12AsBr2NO2. The molecule has 0 aliphatic rings. The first kappa shape index (κ1) is 15.1. The zero-order valence-electron chi connectivity index (χ0n) is 8.70. The Hall–Kier alpha value is 0.138. The van der Waals surface area contributed by atoms with Gasteiger partial charge in [0.15, 0.2) is 0 Å². The minimum Gasteiger partial charge on any atom is -1.00 e. The van der Waals surface area contributed by atoms with Gasteiger partial charge >= 0.3 is 94.4 Å². The molecule has 0 amide bonds. The van der Waals surface area contributed by atoms with Crippen molar-refractivity contribution in [3.63, 3.8) is 0 Å². The van der Waals surface area contributed by atoms with Gasteiger partial charge in [-0.1, -0.05) is 0 Å². The molecule has 0 fully saturated rings. The fourth-order valence-electron chi connectivity index (χ4n) is 1.06. The minimum atomic E-state index is -1.79. The summed E-state index contributed by atoms with van der Waals surface area (Å²) in [6.07, 6.45) is 0. The Kier molecular flexibility index (Phi) is 5.51. The van der Waals surface area contributed by atoms with E-state index in [0.29, 0.717) is 4.47 Å². The van der Waals surface area contributed by atoms with Gasteiger partial charge in [0.2, 0.25) is 0 Å². The third kappa shape index (κ3) is 3.89. The summed E-state index contributed by atoms with van der Waals surface area (Å²) in [7, 11) is 0. The Morgan fingerprint density at radius 2 is 1.87 bits per heavy atom. The average Bonchev–Trinajstić information content (AvgIpc) is 2.02. The number of hydrogen-bond donors (Lipinski definition) is 0. The molecule has 0 bridgehead atoms. The average molecular weight is 401 g/mol. The Morgan fingerprint density at radius 3 is 2.27 bits per heavy atom. The van der Waals surface area contributed by atoms with Crippen molar-refractivity contribution >= 4 is 39.5 Å².